The predicted octanol–water partition coefficient (Wildman–Crippen LogP) is 4.85. The van der Waals surface area contributed by atoms with Crippen molar-refractivity contribution in [2.45, 2.75) is 51.0 Å². The first-order chi connectivity index (χ1) is 14.6. The lowest BCUT2D eigenvalue weighted by molar-refractivity contribution is -0.131. The van der Waals surface area contributed by atoms with Gasteiger partial charge in [0.25, 0.3) is 0 Å². The van der Waals surface area contributed by atoms with Crippen molar-refractivity contribution in [2.24, 2.45) is 5.92 Å². The van der Waals surface area contributed by atoms with E-state index < -0.39 is 5.41 Å². The van der Waals surface area contributed by atoms with Gasteiger partial charge >= 0.3 is 0 Å². The zero-order valence-corrected chi connectivity index (χ0v) is 18.3. The average molecular weight is 407 g/mol. The maximum Gasteiger partial charge on any atom is 0.231 e. The molecule has 2 aliphatic rings. The van der Waals surface area contributed by atoms with E-state index in [0.29, 0.717) is 13.2 Å². The first kappa shape index (κ1) is 20.9. The Labute approximate surface area is 180 Å². The molecule has 1 N–H and O–H groups in total. The highest BCUT2D eigenvalue weighted by atomic mass is 16.5. The zero-order chi connectivity index (χ0) is 21.0. The van der Waals surface area contributed by atoms with E-state index in [0.717, 1.165) is 43.0 Å². The third kappa shape index (κ3) is 4.39. The number of hydrogen-bond acceptors (Lipinski definition) is 3. The number of ether oxygens (including phenoxy) is 1. The van der Waals surface area contributed by atoms with Gasteiger partial charge in [-0.25, -0.2) is 0 Å². The maximum absolute atomic E-state index is 13.5. The molecule has 1 amide bonds. The van der Waals surface area contributed by atoms with Crippen LogP contribution in [0.2, 0.25) is 0 Å². The molecular weight excluding hydrogens is 372 g/mol. The third-order valence-corrected chi connectivity index (χ3v) is 7.00. The first-order valence-corrected chi connectivity index (χ1v) is 11.4. The molecule has 4 heteroatoms. The molecule has 0 radical (unpaired) electrons. The summed E-state index contributed by atoms with van der Waals surface area (Å²) in [6, 6.07) is 18.9. The highest BCUT2D eigenvalue weighted by Crippen LogP contribution is 2.36. The van der Waals surface area contributed by atoms with Gasteiger partial charge in [-0.2, -0.15) is 0 Å². The second-order valence-electron chi connectivity index (χ2n) is 9.02. The normalized spacial score (nSPS) is 20.5. The van der Waals surface area contributed by atoms with Crippen molar-refractivity contribution in [1.82, 2.24) is 5.32 Å². The lowest BCUT2D eigenvalue weighted by atomic mass is 9.73. The minimum absolute atomic E-state index is 0.0311. The predicted molar refractivity (Wildman–Crippen MR) is 122 cm³/mol. The second-order valence-corrected chi connectivity index (χ2v) is 9.02. The molecule has 160 valence electrons. The quantitative estimate of drug-likeness (QED) is 0.772. The average Bonchev–Trinajstić information content (AvgIpc) is 2.80. The number of carbonyl (C=O) groups is 1. The molecule has 0 aliphatic carbocycles. The fourth-order valence-electron chi connectivity index (χ4n) is 4.78. The summed E-state index contributed by atoms with van der Waals surface area (Å²) in [5.41, 5.74) is 3.02. The van der Waals surface area contributed by atoms with Gasteiger partial charge in [-0.05, 0) is 61.8 Å². The van der Waals surface area contributed by atoms with Crippen molar-refractivity contribution >= 4 is 11.6 Å². The smallest absolute Gasteiger partial charge is 0.231 e. The summed E-state index contributed by atoms with van der Waals surface area (Å²) in [7, 11) is 0. The van der Waals surface area contributed by atoms with E-state index in [2.05, 4.69) is 60.5 Å². The molecule has 0 unspecified atom stereocenters. The standard InChI is InChI=1S/C26H34N2O2/c1-20-12-16-28(17-13-20)24-10-8-22(9-11-24)21(2)27-25(29)26(14-18-30-19-15-26)23-6-4-3-5-7-23/h3-11,20-21H,12-19H2,1-2H3,(H,27,29)/t21-/m0/s1. The molecule has 4 rings (SSSR count). The van der Waals surface area contributed by atoms with Crippen molar-refractivity contribution in [2.75, 3.05) is 31.2 Å². The van der Waals surface area contributed by atoms with Gasteiger partial charge in [0, 0.05) is 32.0 Å². The van der Waals surface area contributed by atoms with Crippen LogP contribution in [0.15, 0.2) is 54.6 Å². The van der Waals surface area contributed by atoms with Crippen LogP contribution in [-0.2, 0) is 14.9 Å². The van der Waals surface area contributed by atoms with E-state index in [9.17, 15) is 4.79 Å². The molecule has 30 heavy (non-hydrogen) atoms. The van der Waals surface area contributed by atoms with E-state index in [4.69, 9.17) is 4.74 Å². The molecule has 2 aromatic carbocycles. The van der Waals surface area contributed by atoms with Crippen LogP contribution in [0.4, 0.5) is 5.69 Å². The number of carbonyl (C=O) groups excluding carboxylic acids is 1. The molecule has 0 bridgehead atoms. The molecular formula is C26H34N2O2. The fraction of sp³-hybridized carbons (Fsp3) is 0.500. The number of piperidine rings is 1. The molecule has 0 aromatic heterocycles. The third-order valence-electron chi connectivity index (χ3n) is 7.00. The van der Waals surface area contributed by atoms with E-state index in [1.54, 1.807) is 0 Å². The summed E-state index contributed by atoms with van der Waals surface area (Å²) in [5, 5.41) is 3.30. The van der Waals surface area contributed by atoms with Gasteiger partial charge in [-0.15, -0.1) is 0 Å². The Morgan fingerprint density at radius 3 is 2.30 bits per heavy atom. The number of nitrogens with one attached hydrogen (secondary N) is 1. The summed E-state index contributed by atoms with van der Waals surface area (Å²) in [6.07, 6.45) is 3.97. The number of anilines is 1. The van der Waals surface area contributed by atoms with Crippen LogP contribution >= 0.6 is 0 Å². The van der Waals surface area contributed by atoms with E-state index >= 15 is 0 Å². The van der Waals surface area contributed by atoms with Crippen LogP contribution in [0.25, 0.3) is 0 Å². The SMILES string of the molecule is CC1CCN(c2ccc([C@H](C)NC(=O)C3(c4ccccc4)CCOCC3)cc2)CC1. The number of nitrogens with zero attached hydrogens (tertiary/aromatic N) is 1. The van der Waals surface area contributed by atoms with Gasteiger partial charge in [-0.3, -0.25) is 4.79 Å². The Morgan fingerprint density at radius 2 is 1.67 bits per heavy atom. The highest BCUT2D eigenvalue weighted by molar-refractivity contribution is 5.88. The van der Waals surface area contributed by atoms with Crippen LogP contribution in [0.5, 0.6) is 0 Å². The summed E-state index contributed by atoms with van der Waals surface area (Å²) in [5.74, 6) is 0.941. The van der Waals surface area contributed by atoms with Gasteiger partial charge in [0.05, 0.1) is 11.5 Å². The van der Waals surface area contributed by atoms with Crippen molar-refractivity contribution in [3.63, 3.8) is 0 Å². The van der Waals surface area contributed by atoms with Crippen LogP contribution in [-0.4, -0.2) is 32.2 Å². The second kappa shape index (κ2) is 9.22. The fourth-order valence-corrected chi connectivity index (χ4v) is 4.78. The molecule has 2 saturated heterocycles. The van der Waals surface area contributed by atoms with E-state index in [1.807, 2.05) is 18.2 Å². The summed E-state index contributed by atoms with van der Waals surface area (Å²) in [6.45, 7) is 7.93. The molecule has 2 aliphatic heterocycles. The Balaban J connectivity index is 1.45. The number of amides is 1. The van der Waals surface area contributed by atoms with E-state index in [1.165, 1.54) is 18.5 Å². The Kier molecular flexibility index (Phi) is 6.43. The van der Waals surface area contributed by atoms with Crippen molar-refractivity contribution < 1.29 is 9.53 Å². The van der Waals surface area contributed by atoms with Crippen molar-refractivity contribution in [3.8, 4) is 0 Å². The minimum atomic E-state index is -0.502. The van der Waals surface area contributed by atoms with Crippen LogP contribution in [0.1, 0.15) is 56.7 Å². The Bertz CT molecular complexity index is 820. The summed E-state index contributed by atoms with van der Waals surface area (Å²) < 4.78 is 5.58. The molecule has 2 aromatic rings. The number of benzene rings is 2. The lowest BCUT2D eigenvalue weighted by Crippen LogP contribution is -2.48. The van der Waals surface area contributed by atoms with Crippen LogP contribution in [0, 0.1) is 5.92 Å². The van der Waals surface area contributed by atoms with Gasteiger partial charge in [0.15, 0.2) is 0 Å². The van der Waals surface area contributed by atoms with Crippen LogP contribution < -0.4 is 10.2 Å². The summed E-state index contributed by atoms with van der Waals surface area (Å²) >= 11 is 0. The Morgan fingerprint density at radius 1 is 1.03 bits per heavy atom. The minimum Gasteiger partial charge on any atom is -0.381 e. The van der Waals surface area contributed by atoms with Crippen LogP contribution in [0.3, 0.4) is 0 Å². The highest BCUT2D eigenvalue weighted by Gasteiger charge is 2.42. The zero-order valence-electron chi connectivity index (χ0n) is 18.3. The lowest BCUT2D eigenvalue weighted by Gasteiger charge is -2.37. The van der Waals surface area contributed by atoms with E-state index in [-0.39, 0.29) is 11.9 Å². The molecule has 0 spiro atoms. The maximum atomic E-state index is 13.5. The van der Waals surface area contributed by atoms with Gasteiger partial charge in [0.2, 0.25) is 5.91 Å². The number of rotatable bonds is 5. The molecule has 4 nitrogen and oxygen atoms in total. The molecule has 0 saturated carbocycles. The number of hydrogen-bond donors (Lipinski definition) is 1. The van der Waals surface area contributed by atoms with Crippen molar-refractivity contribution in [3.05, 3.63) is 65.7 Å². The topological polar surface area (TPSA) is 41.6 Å². The summed E-state index contributed by atoms with van der Waals surface area (Å²) in [4.78, 5) is 15.9. The molecule has 2 heterocycles. The molecule has 1 atom stereocenters. The van der Waals surface area contributed by atoms with Gasteiger partial charge in [0.1, 0.15) is 0 Å². The van der Waals surface area contributed by atoms with Gasteiger partial charge < -0.3 is 15.0 Å². The van der Waals surface area contributed by atoms with Crippen molar-refractivity contribution in [1.29, 1.82) is 0 Å². The molecule has 2 fully saturated rings. The largest absolute Gasteiger partial charge is 0.381 e. The Hall–Kier alpha value is -2.33. The van der Waals surface area contributed by atoms with Gasteiger partial charge in [-0.1, -0.05) is 49.4 Å². The monoisotopic (exact) mass is 406 g/mol. The first-order valence-electron chi connectivity index (χ1n) is 11.4.